The van der Waals surface area contributed by atoms with Gasteiger partial charge < -0.3 is 10.6 Å². The second-order valence-corrected chi connectivity index (χ2v) is 8.45. The van der Waals surface area contributed by atoms with E-state index in [1.165, 1.54) is 18.2 Å². The lowest BCUT2D eigenvalue weighted by Gasteiger charge is -2.19. The van der Waals surface area contributed by atoms with Crippen molar-refractivity contribution in [1.82, 2.24) is 15.6 Å². The highest BCUT2D eigenvalue weighted by molar-refractivity contribution is 7.22. The maximum Gasteiger partial charge on any atom is 0.404 e. The molecule has 1 fully saturated rings. The molecule has 1 aromatic carbocycles. The average molecular weight is 443 g/mol. The van der Waals surface area contributed by atoms with E-state index in [2.05, 4.69) is 27.9 Å². The van der Waals surface area contributed by atoms with Crippen molar-refractivity contribution in [2.75, 3.05) is 11.9 Å². The first-order valence-corrected chi connectivity index (χ1v) is 10.9. The Morgan fingerprint density at radius 3 is 2.70 bits per heavy atom. The molecule has 164 valence electrons. The summed E-state index contributed by atoms with van der Waals surface area (Å²) in [5.41, 5.74) is 0.306. The van der Waals surface area contributed by atoms with Crippen LogP contribution in [0.4, 0.5) is 23.1 Å². The van der Waals surface area contributed by atoms with Gasteiger partial charge in [-0.3, -0.25) is 10.1 Å². The van der Waals surface area contributed by atoms with E-state index in [0.717, 1.165) is 37.0 Å². The van der Waals surface area contributed by atoms with Gasteiger partial charge in [0.1, 0.15) is 0 Å². The van der Waals surface area contributed by atoms with Gasteiger partial charge in [-0.15, -0.1) is 0 Å². The number of benzene rings is 1. The third-order valence-electron chi connectivity index (χ3n) is 5.41. The standard InChI is InChI=1S/C20H25F3N4O2S/c1-3-11-6-5-7-13(11)25-18(29)27-19-26-14-9-8-12(10-15(14)30-19)16(20(21,22)23)17(28)24-4-2/h8-11,13,16H,3-7H2,1-2H3,(H,24,28)(H2,25,26,27,29)/t11?,13-,16-/m1/s1. The minimum absolute atomic E-state index is 0.108. The summed E-state index contributed by atoms with van der Waals surface area (Å²) in [5.74, 6) is -2.88. The summed E-state index contributed by atoms with van der Waals surface area (Å²) in [6.45, 7) is 3.77. The number of hydrogen-bond donors (Lipinski definition) is 3. The van der Waals surface area contributed by atoms with Gasteiger partial charge >= 0.3 is 12.2 Å². The quantitative estimate of drug-likeness (QED) is 0.602. The predicted octanol–water partition coefficient (Wildman–Crippen LogP) is 4.78. The second kappa shape index (κ2) is 9.20. The summed E-state index contributed by atoms with van der Waals surface area (Å²) in [4.78, 5) is 28.6. The van der Waals surface area contributed by atoms with Gasteiger partial charge in [0.25, 0.3) is 0 Å². The molecule has 30 heavy (non-hydrogen) atoms. The summed E-state index contributed by atoms with van der Waals surface area (Å²) < 4.78 is 40.9. The molecule has 2 aromatic rings. The van der Waals surface area contributed by atoms with Crippen LogP contribution in [0.5, 0.6) is 0 Å². The summed E-state index contributed by atoms with van der Waals surface area (Å²) >= 11 is 1.08. The molecular formula is C20H25F3N4O2S. The molecule has 3 atom stereocenters. The van der Waals surface area contributed by atoms with E-state index >= 15 is 0 Å². The molecule has 3 N–H and O–H groups in total. The SMILES string of the molecule is CCNC(=O)[C@@H](c1ccc2nc(NC(=O)N[C@@H]3CCCC3CC)sc2c1)C(F)(F)F. The lowest BCUT2D eigenvalue weighted by molar-refractivity contribution is -0.164. The molecule has 10 heteroatoms. The largest absolute Gasteiger partial charge is 0.404 e. The van der Waals surface area contributed by atoms with Gasteiger partial charge in [0, 0.05) is 12.6 Å². The number of anilines is 1. The van der Waals surface area contributed by atoms with Crippen molar-refractivity contribution in [3.05, 3.63) is 23.8 Å². The van der Waals surface area contributed by atoms with E-state index in [1.807, 2.05) is 0 Å². The second-order valence-electron chi connectivity index (χ2n) is 7.42. The first-order chi connectivity index (χ1) is 14.2. The van der Waals surface area contributed by atoms with Crippen LogP contribution in [-0.2, 0) is 4.79 Å². The lowest BCUT2D eigenvalue weighted by Crippen LogP contribution is -2.39. The molecule has 1 aliphatic rings. The first-order valence-electron chi connectivity index (χ1n) is 10.0. The zero-order valence-electron chi connectivity index (χ0n) is 16.8. The Labute approximate surface area is 176 Å². The number of fused-ring (bicyclic) bond motifs is 1. The van der Waals surface area contributed by atoms with Crippen LogP contribution in [0.3, 0.4) is 0 Å². The van der Waals surface area contributed by atoms with Crippen molar-refractivity contribution >= 4 is 38.6 Å². The number of alkyl halides is 3. The van der Waals surface area contributed by atoms with Crippen molar-refractivity contribution < 1.29 is 22.8 Å². The van der Waals surface area contributed by atoms with Crippen LogP contribution < -0.4 is 16.0 Å². The molecule has 3 amide bonds. The maximum absolute atomic E-state index is 13.5. The summed E-state index contributed by atoms with van der Waals surface area (Å²) in [6.07, 6.45) is -0.596. The number of nitrogens with zero attached hydrogens (tertiary/aromatic N) is 1. The van der Waals surface area contributed by atoms with Crippen LogP contribution in [-0.4, -0.2) is 35.7 Å². The smallest absolute Gasteiger partial charge is 0.356 e. The van der Waals surface area contributed by atoms with Crippen molar-refractivity contribution in [2.45, 2.75) is 57.7 Å². The zero-order chi connectivity index (χ0) is 21.9. The molecule has 1 aromatic heterocycles. The normalized spacial score (nSPS) is 20.2. The van der Waals surface area contributed by atoms with Crippen LogP contribution >= 0.6 is 11.3 Å². The number of aromatic nitrogens is 1. The number of likely N-dealkylation sites (N-methyl/N-ethyl adjacent to an activating group) is 1. The maximum atomic E-state index is 13.5. The summed E-state index contributed by atoms with van der Waals surface area (Å²) in [5, 5.41) is 8.18. The number of urea groups is 1. The van der Waals surface area contributed by atoms with Gasteiger partial charge in [0.15, 0.2) is 11.0 Å². The van der Waals surface area contributed by atoms with Gasteiger partial charge in [-0.1, -0.05) is 37.2 Å². The van der Waals surface area contributed by atoms with Crippen LogP contribution in [0.1, 0.15) is 51.0 Å². The molecule has 0 aliphatic heterocycles. The lowest BCUT2D eigenvalue weighted by atomic mass is 9.97. The number of nitrogens with one attached hydrogen (secondary N) is 3. The summed E-state index contributed by atoms with van der Waals surface area (Å²) in [7, 11) is 0. The molecule has 1 heterocycles. The fourth-order valence-corrected chi connectivity index (χ4v) is 4.87. The molecule has 0 bridgehead atoms. The Morgan fingerprint density at radius 2 is 2.03 bits per heavy atom. The van der Waals surface area contributed by atoms with Crippen LogP contribution in [0.2, 0.25) is 0 Å². The van der Waals surface area contributed by atoms with Gasteiger partial charge in [0.05, 0.1) is 10.2 Å². The van der Waals surface area contributed by atoms with E-state index in [4.69, 9.17) is 0 Å². The Morgan fingerprint density at radius 1 is 1.27 bits per heavy atom. The minimum Gasteiger partial charge on any atom is -0.356 e. The van der Waals surface area contributed by atoms with Crippen LogP contribution in [0.15, 0.2) is 18.2 Å². The fourth-order valence-electron chi connectivity index (χ4n) is 3.96. The molecular weight excluding hydrogens is 417 g/mol. The van der Waals surface area contributed by atoms with Crippen molar-refractivity contribution in [1.29, 1.82) is 0 Å². The molecule has 0 saturated heterocycles. The Kier molecular flexibility index (Phi) is 6.84. The number of carbonyl (C=O) groups is 2. The molecule has 3 rings (SSSR count). The Hall–Kier alpha value is -2.36. The van der Waals surface area contributed by atoms with Gasteiger partial charge in [-0.25, -0.2) is 9.78 Å². The van der Waals surface area contributed by atoms with Crippen LogP contribution in [0.25, 0.3) is 10.2 Å². The summed E-state index contributed by atoms with van der Waals surface area (Å²) in [6, 6.07) is 3.76. The fraction of sp³-hybridized carbons (Fsp3) is 0.550. The molecule has 0 radical (unpaired) electrons. The Balaban J connectivity index is 1.76. The molecule has 6 nitrogen and oxygen atoms in total. The number of thiazole rings is 1. The number of amides is 3. The van der Waals surface area contributed by atoms with Gasteiger partial charge in [-0.05, 0) is 43.4 Å². The Bertz CT molecular complexity index is 915. The average Bonchev–Trinajstić information content (AvgIpc) is 3.26. The van der Waals surface area contributed by atoms with E-state index in [-0.39, 0.29) is 24.2 Å². The third kappa shape index (κ3) is 5.03. The monoisotopic (exact) mass is 442 g/mol. The highest BCUT2D eigenvalue weighted by Gasteiger charge is 2.45. The number of halogens is 3. The third-order valence-corrected chi connectivity index (χ3v) is 6.34. The van der Waals surface area contributed by atoms with Gasteiger partial charge in [0.2, 0.25) is 5.91 Å². The van der Waals surface area contributed by atoms with Crippen LogP contribution in [0, 0.1) is 5.92 Å². The predicted molar refractivity (Wildman–Crippen MR) is 111 cm³/mol. The first kappa shape index (κ1) is 22.3. The number of hydrogen-bond acceptors (Lipinski definition) is 4. The zero-order valence-corrected chi connectivity index (χ0v) is 17.6. The molecule has 0 spiro atoms. The minimum atomic E-state index is -4.71. The van der Waals surface area contributed by atoms with E-state index < -0.39 is 18.0 Å². The molecule has 1 aliphatic carbocycles. The number of rotatable bonds is 6. The molecule has 1 unspecified atom stereocenters. The molecule has 1 saturated carbocycles. The highest BCUT2D eigenvalue weighted by atomic mass is 32.1. The van der Waals surface area contributed by atoms with Crippen molar-refractivity contribution in [3.63, 3.8) is 0 Å². The topological polar surface area (TPSA) is 83.1 Å². The van der Waals surface area contributed by atoms with Gasteiger partial charge in [-0.2, -0.15) is 13.2 Å². The highest BCUT2D eigenvalue weighted by Crippen LogP contribution is 2.37. The van der Waals surface area contributed by atoms with Crippen molar-refractivity contribution in [3.8, 4) is 0 Å². The number of carbonyl (C=O) groups excluding carboxylic acids is 2. The van der Waals surface area contributed by atoms with E-state index in [0.29, 0.717) is 21.3 Å². The van der Waals surface area contributed by atoms with E-state index in [9.17, 15) is 22.8 Å². The van der Waals surface area contributed by atoms with Crippen molar-refractivity contribution in [2.24, 2.45) is 5.92 Å². The van der Waals surface area contributed by atoms with E-state index in [1.54, 1.807) is 6.92 Å².